The fourth-order valence-corrected chi connectivity index (χ4v) is 2.77. The van der Waals surface area contributed by atoms with Gasteiger partial charge in [-0.3, -0.25) is 10.2 Å². The zero-order chi connectivity index (χ0) is 17.2. The van der Waals surface area contributed by atoms with Crippen LogP contribution in [0.4, 0.5) is 5.69 Å². The summed E-state index contributed by atoms with van der Waals surface area (Å²) in [6.45, 7) is 2.03. The highest BCUT2D eigenvalue weighted by Crippen LogP contribution is 2.20. The van der Waals surface area contributed by atoms with Crippen molar-refractivity contribution >= 4 is 16.6 Å². The number of aryl methyl sites for hydroxylation is 1. The first kappa shape index (κ1) is 15.1. The number of aromatic nitrogens is 2. The molecule has 4 aromatic rings. The Bertz CT molecular complexity index is 1080. The van der Waals surface area contributed by atoms with Crippen molar-refractivity contribution in [3.8, 4) is 11.4 Å². The van der Waals surface area contributed by atoms with Gasteiger partial charge in [-0.15, -0.1) is 0 Å². The quantitative estimate of drug-likeness (QED) is 0.612. The highest BCUT2D eigenvalue weighted by atomic mass is 16.1. The van der Waals surface area contributed by atoms with Crippen molar-refractivity contribution in [1.82, 2.24) is 9.66 Å². The third-order valence-electron chi connectivity index (χ3n) is 4.10. The molecule has 122 valence electrons. The average Bonchev–Trinajstić information content (AvgIpc) is 2.65. The molecule has 0 saturated carbocycles. The first-order valence-corrected chi connectivity index (χ1v) is 8.13. The van der Waals surface area contributed by atoms with Gasteiger partial charge in [-0.25, -0.2) is 9.66 Å². The average molecular weight is 327 g/mol. The first-order chi connectivity index (χ1) is 12.2. The van der Waals surface area contributed by atoms with E-state index in [0.29, 0.717) is 16.7 Å². The predicted molar refractivity (Wildman–Crippen MR) is 102 cm³/mol. The molecule has 0 aliphatic heterocycles. The van der Waals surface area contributed by atoms with Crippen molar-refractivity contribution in [3.63, 3.8) is 0 Å². The number of anilines is 1. The Morgan fingerprint density at radius 2 is 1.52 bits per heavy atom. The summed E-state index contributed by atoms with van der Waals surface area (Å²) in [7, 11) is 0. The van der Waals surface area contributed by atoms with Crippen LogP contribution in [0.5, 0.6) is 0 Å². The molecule has 1 heterocycles. The van der Waals surface area contributed by atoms with E-state index in [4.69, 9.17) is 4.98 Å². The van der Waals surface area contributed by atoms with Gasteiger partial charge in [0.1, 0.15) is 0 Å². The highest BCUT2D eigenvalue weighted by molar-refractivity contribution is 5.80. The van der Waals surface area contributed by atoms with Gasteiger partial charge in [0.05, 0.1) is 16.6 Å². The fourth-order valence-electron chi connectivity index (χ4n) is 2.77. The van der Waals surface area contributed by atoms with Crippen LogP contribution in [-0.2, 0) is 0 Å². The Morgan fingerprint density at radius 1 is 0.840 bits per heavy atom. The van der Waals surface area contributed by atoms with E-state index in [9.17, 15) is 4.79 Å². The van der Waals surface area contributed by atoms with E-state index in [2.05, 4.69) is 5.43 Å². The summed E-state index contributed by atoms with van der Waals surface area (Å²) in [6, 6.07) is 25.0. The lowest BCUT2D eigenvalue weighted by Crippen LogP contribution is -2.29. The largest absolute Gasteiger partial charge is 0.290 e. The van der Waals surface area contributed by atoms with Gasteiger partial charge >= 0.3 is 0 Å². The fraction of sp³-hybridized carbons (Fsp3) is 0.0476. The van der Waals surface area contributed by atoms with Crippen LogP contribution in [-0.4, -0.2) is 9.66 Å². The Balaban J connectivity index is 1.97. The predicted octanol–water partition coefficient (Wildman–Crippen LogP) is 4.25. The summed E-state index contributed by atoms with van der Waals surface area (Å²) in [6.07, 6.45) is 0. The van der Waals surface area contributed by atoms with Crippen molar-refractivity contribution in [2.75, 3.05) is 5.43 Å². The molecule has 25 heavy (non-hydrogen) atoms. The molecule has 0 fully saturated rings. The van der Waals surface area contributed by atoms with E-state index in [1.165, 1.54) is 4.68 Å². The summed E-state index contributed by atoms with van der Waals surface area (Å²) >= 11 is 0. The maximum absolute atomic E-state index is 13.1. The Labute approximate surface area is 145 Å². The van der Waals surface area contributed by atoms with Crippen molar-refractivity contribution in [2.24, 2.45) is 0 Å². The first-order valence-electron chi connectivity index (χ1n) is 8.13. The lowest BCUT2D eigenvalue weighted by atomic mass is 10.1. The van der Waals surface area contributed by atoms with E-state index in [0.717, 1.165) is 16.8 Å². The van der Waals surface area contributed by atoms with Gasteiger partial charge in [0, 0.05) is 5.56 Å². The van der Waals surface area contributed by atoms with Crippen LogP contribution in [0.2, 0.25) is 0 Å². The molecule has 0 amide bonds. The third-order valence-corrected chi connectivity index (χ3v) is 4.10. The standard InChI is InChI=1S/C21H17N3O/c1-15-11-13-16(14-12-15)20-22-19-10-6-5-9-18(19)21(25)24(20)23-17-7-3-2-4-8-17/h2-14,23H,1H3. The summed E-state index contributed by atoms with van der Waals surface area (Å²) in [5, 5.41) is 0.585. The Kier molecular flexibility index (Phi) is 3.78. The van der Waals surface area contributed by atoms with Crippen molar-refractivity contribution in [2.45, 2.75) is 6.92 Å². The smallest absolute Gasteiger partial charge is 0.280 e. The molecule has 0 aliphatic rings. The van der Waals surface area contributed by atoms with Crippen LogP contribution in [0.3, 0.4) is 0 Å². The van der Waals surface area contributed by atoms with Crippen LogP contribution >= 0.6 is 0 Å². The number of hydrogen-bond donors (Lipinski definition) is 1. The lowest BCUT2D eigenvalue weighted by molar-refractivity contribution is 0.893. The Hall–Kier alpha value is -3.40. The van der Waals surface area contributed by atoms with E-state index in [1.807, 2.05) is 79.7 Å². The minimum Gasteiger partial charge on any atom is -0.290 e. The van der Waals surface area contributed by atoms with E-state index >= 15 is 0 Å². The van der Waals surface area contributed by atoms with Crippen LogP contribution in [0, 0.1) is 6.92 Å². The molecule has 0 saturated heterocycles. The Morgan fingerprint density at radius 3 is 2.28 bits per heavy atom. The molecular weight excluding hydrogens is 310 g/mol. The van der Waals surface area contributed by atoms with Crippen LogP contribution in [0.15, 0.2) is 83.7 Å². The minimum atomic E-state index is -0.120. The molecular formula is C21H17N3O. The molecule has 4 heteroatoms. The molecule has 0 aliphatic carbocycles. The van der Waals surface area contributed by atoms with E-state index in [-0.39, 0.29) is 5.56 Å². The van der Waals surface area contributed by atoms with Gasteiger partial charge in [0.2, 0.25) is 0 Å². The molecule has 1 N–H and O–H groups in total. The second kappa shape index (κ2) is 6.24. The van der Waals surface area contributed by atoms with Gasteiger partial charge < -0.3 is 0 Å². The second-order valence-corrected chi connectivity index (χ2v) is 5.94. The molecule has 0 spiro atoms. The van der Waals surface area contributed by atoms with Gasteiger partial charge in [0.15, 0.2) is 5.82 Å². The van der Waals surface area contributed by atoms with Crippen molar-refractivity contribution in [1.29, 1.82) is 0 Å². The van der Waals surface area contributed by atoms with Gasteiger partial charge in [-0.05, 0) is 31.2 Å². The molecule has 0 radical (unpaired) electrons. The van der Waals surface area contributed by atoms with Crippen molar-refractivity contribution in [3.05, 3.63) is 94.8 Å². The number of nitrogens with one attached hydrogen (secondary N) is 1. The van der Waals surface area contributed by atoms with E-state index in [1.54, 1.807) is 6.07 Å². The maximum atomic E-state index is 13.1. The lowest BCUT2D eigenvalue weighted by Gasteiger charge is -2.15. The monoisotopic (exact) mass is 327 g/mol. The molecule has 4 nitrogen and oxygen atoms in total. The van der Waals surface area contributed by atoms with Crippen molar-refractivity contribution < 1.29 is 0 Å². The number of nitrogens with zero attached hydrogens (tertiary/aromatic N) is 2. The number of hydrogen-bond acceptors (Lipinski definition) is 3. The van der Waals surface area contributed by atoms with Gasteiger partial charge in [0.25, 0.3) is 5.56 Å². The van der Waals surface area contributed by atoms with Gasteiger partial charge in [-0.2, -0.15) is 0 Å². The molecule has 0 bridgehead atoms. The zero-order valence-electron chi connectivity index (χ0n) is 13.8. The number of fused-ring (bicyclic) bond motifs is 1. The highest BCUT2D eigenvalue weighted by Gasteiger charge is 2.13. The molecule has 3 aromatic carbocycles. The number of para-hydroxylation sites is 2. The van der Waals surface area contributed by atoms with Crippen LogP contribution < -0.4 is 11.0 Å². The normalized spacial score (nSPS) is 10.8. The van der Waals surface area contributed by atoms with Gasteiger partial charge in [-0.1, -0.05) is 60.2 Å². The summed E-state index contributed by atoms with van der Waals surface area (Å²) in [4.78, 5) is 17.8. The summed E-state index contributed by atoms with van der Waals surface area (Å²) in [5.41, 5.74) is 6.63. The second-order valence-electron chi connectivity index (χ2n) is 5.94. The SMILES string of the molecule is Cc1ccc(-c2nc3ccccc3c(=O)n2Nc2ccccc2)cc1. The zero-order valence-corrected chi connectivity index (χ0v) is 13.8. The van der Waals surface area contributed by atoms with Crippen LogP contribution in [0.1, 0.15) is 5.56 Å². The van der Waals surface area contributed by atoms with E-state index < -0.39 is 0 Å². The summed E-state index contributed by atoms with van der Waals surface area (Å²) in [5.74, 6) is 0.590. The maximum Gasteiger partial charge on any atom is 0.280 e. The topological polar surface area (TPSA) is 46.9 Å². The molecule has 4 rings (SSSR count). The number of benzene rings is 3. The molecule has 1 aromatic heterocycles. The number of rotatable bonds is 3. The minimum absolute atomic E-state index is 0.120. The summed E-state index contributed by atoms with van der Waals surface area (Å²) < 4.78 is 1.52. The molecule has 0 unspecified atom stereocenters. The third kappa shape index (κ3) is 2.90. The molecule has 0 atom stereocenters. The van der Waals surface area contributed by atoms with Crippen LogP contribution in [0.25, 0.3) is 22.3 Å².